The summed E-state index contributed by atoms with van der Waals surface area (Å²) in [6.45, 7) is 1.91. The summed E-state index contributed by atoms with van der Waals surface area (Å²) in [5.41, 5.74) is 3.21. The molecule has 1 heterocycles. The molecule has 0 unspecified atom stereocenters. The molecule has 5 heteroatoms. The molecule has 3 aromatic rings. The standard InChI is InChI=1S/C18H17ClN2O2/c1-11-8-15(17(23-3)9-14(11)19)20-10-13-12-6-4-5-7-16(12)21(2)18(13)22/h4-10,22H,1-3H3. The van der Waals surface area contributed by atoms with E-state index in [-0.39, 0.29) is 5.88 Å². The van der Waals surface area contributed by atoms with Gasteiger partial charge in [-0.15, -0.1) is 0 Å². The van der Waals surface area contributed by atoms with Crippen LogP contribution in [0.4, 0.5) is 5.69 Å². The summed E-state index contributed by atoms with van der Waals surface area (Å²) < 4.78 is 7.06. The topological polar surface area (TPSA) is 46.8 Å². The first kappa shape index (κ1) is 15.4. The number of benzene rings is 2. The first-order valence-corrected chi connectivity index (χ1v) is 7.55. The van der Waals surface area contributed by atoms with Crippen molar-refractivity contribution in [3.8, 4) is 11.6 Å². The zero-order valence-electron chi connectivity index (χ0n) is 13.2. The minimum atomic E-state index is 0.180. The normalized spacial score (nSPS) is 11.5. The van der Waals surface area contributed by atoms with Crippen molar-refractivity contribution < 1.29 is 9.84 Å². The van der Waals surface area contributed by atoms with Crippen LogP contribution in [0.3, 0.4) is 0 Å². The van der Waals surface area contributed by atoms with Crippen molar-refractivity contribution >= 4 is 34.4 Å². The number of aromatic hydroxyl groups is 1. The molecule has 1 N–H and O–H groups in total. The molecule has 0 saturated carbocycles. The van der Waals surface area contributed by atoms with Crippen molar-refractivity contribution in [2.24, 2.45) is 12.0 Å². The zero-order valence-corrected chi connectivity index (χ0v) is 13.9. The molecule has 23 heavy (non-hydrogen) atoms. The second-order valence-corrected chi connectivity index (χ2v) is 5.75. The SMILES string of the molecule is COc1cc(Cl)c(C)cc1N=Cc1c(O)n(C)c2ccccc12. The highest BCUT2D eigenvalue weighted by Gasteiger charge is 2.12. The average Bonchev–Trinajstić information content (AvgIpc) is 2.80. The van der Waals surface area contributed by atoms with Crippen LogP contribution in [0.2, 0.25) is 5.02 Å². The number of hydrogen-bond acceptors (Lipinski definition) is 3. The Hall–Kier alpha value is -2.46. The maximum Gasteiger partial charge on any atom is 0.200 e. The summed E-state index contributed by atoms with van der Waals surface area (Å²) >= 11 is 6.11. The van der Waals surface area contributed by atoms with Gasteiger partial charge in [0, 0.05) is 29.7 Å². The fourth-order valence-corrected chi connectivity index (χ4v) is 2.74. The summed E-state index contributed by atoms with van der Waals surface area (Å²) in [5, 5.41) is 11.9. The van der Waals surface area contributed by atoms with Crippen LogP contribution < -0.4 is 4.74 Å². The van der Waals surface area contributed by atoms with Gasteiger partial charge in [0.25, 0.3) is 0 Å². The van der Waals surface area contributed by atoms with E-state index < -0.39 is 0 Å². The number of fused-ring (bicyclic) bond motifs is 1. The fraction of sp³-hybridized carbons (Fsp3) is 0.167. The van der Waals surface area contributed by atoms with E-state index in [9.17, 15) is 5.11 Å². The lowest BCUT2D eigenvalue weighted by atomic mass is 10.2. The van der Waals surface area contributed by atoms with Gasteiger partial charge in [0.1, 0.15) is 11.4 Å². The van der Waals surface area contributed by atoms with E-state index in [0.717, 1.165) is 16.5 Å². The molecule has 0 bridgehead atoms. The van der Waals surface area contributed by atoms with E-state index in [1.54, 1.807) is 24.0 Å². The molecule has 0 aliphatic heterocycles. The second kappa shape index (κ2) is 5.97. The highest BCUT2D eigenvalue weighted by atomic mass is 35.5. The summed E-state index contributed by atoms with van der Waals surface area (Å²) in [4.78, 5) is 4.49. The largest absolute Gasteiger partial charge is 0.494 e. The van der Waals surface area contributed by atoms with Crippen molar-refractivity contribution in [3.05, 3.63) is 52.5 Å². The van der Waals surface area contributed by atoms with Gasteiger partial charge in [0.05, 0.1) is 18.2 Å². The Morgan fingerprint density at radius 2 is 2.00 bits per heavy atom. The number of hydrogen-bond donors (Lipinski definition) is 1. The van der Waals surface area contributed by atoms with Gasteiger partial charge in [-0.25, -0.2) is 0 Å². The van der Waals surface area contributed by atoms with Gasteiger partial charge in [-0.2, -0.15) is 0 Å². The molecule has 0 atom stereocenters. The Labute approximate surface area is 139 Å². The van der Waals surface area contributed by atoms with E-state index in [4.69, 9.17) is 16.3 Å². The van der Waals surface area contributed by atoms with Gasteiger partial charge in [0.15, 0.2) is 0 Å². The smallest absolute Gasteiger partial charge is 0.200 e. The third kappa shape index (κ3) is 2.66. The van der Waals surface area contributed by atoms with Crippen LogP contribution >= 0.6 is 11.6 Å². The monoisotopic (exact) mass is 328 g/mol. The Balaban J connectivity index is 2.11. The molecule has 0 spiro atoms. The van der Waals surface area contributed by atoms with Crippen LogP contribution in [0.1, 0.15) is 11.1 Å². The van der Waals surface area contributed by atoms with Gasteiger partial charge < -0.3 is 14.4 Å². The van der Waals surface area contributed by atoms with Crippen molar-refractivity contribution in [2.45, 2.75) is 6.92 Å². The Morgan fingerprint density at radius 1 is 1.26 bits per heavy atom. The lowest BCUT2D eigenvalue weighted by Crippen LogP contribution is -1.88. The van der Waals surface area contributed by atoms with Crippen LogP contribution in [0.15, 0.2) is 41.4 Å². The first-order chi connectivity index (χ1) is 11.0. The van der Waals surface area contributed by atoms with E-state index in [2.05, 4.69) is 4.99 Å². The maximum absolute atomic E-state index is 10.3. The van der Waals surface area contributed by atoms with E-state index in [1.807, 2.05) is 44.3 Å². The highest BCUT2D eigenvalue weighted by molar-refractivity contribution is 6.31. The van der Waals surface area contributed by atoms with Gasteiger partial charge in [0.2, 0.25) is 5.88 Å². The molecule has 0 aliphatic carbocycles. The predicted octanol–water partition coefficient (Wildman–Crippen LogP) is 4.60. The number of aryl methyl sites for hydroxylation is 2. The fourth-order valence-electron chi connectivity index (χ4n) is 2.58. The zero-order chi connectivity index (χ0) is 16.6. The van der Waals surface area contributed by atoms with Crippen LogP contribution in [0.25, 0.3) is 10.9 Å². The highest BCUT2D eigenvalue weighted by Crippen LogP contribution is 2.34. The van der Waals surface area contributed by atoms with E-state index in [1.165, 1.54) is 0 Å². The molecular formula is C18H17ClN2O2. The molecule has 0 fully saturated rings. The van der Waals surface area contributed by atoms with Crippen LogP contribution in [-0.2, 0) is 7.05 Å². The van der Waals surface area contributed by atoms with Gasteiger partial charge in [-0.1, -0.05) is 29.8 Å². The summed E-state index contributed by atoms with van der Waals surface area (Å²) in [6, 6.07) is 11.4. The lowest BCUT2D eigenvalue weighted by Gasteiger charge is -2.07. The molecule has 118 valence electrons. The quantitative estimate of drug-likeness (QED) is 0.714. The Bertz CT molecular complexity index is 913. The molecule has 0 radical (unpaired) electrons. The minimum absolute atomic E-state index is 0.180. The number of halogens is 1. The maximum atomic E-state index is 10.3. The molecule has 0 amide bonds. The molecule has 1 aromatic heterocycles. The van der Waals surface area contributed by atoms with Crippen LogP contribution in [0.5, 0.6) is 11.6 Å². The summed E-state index contributed by atoms with van der Waals surface area (Å²) in [5.74, 6) is 0.774. The minimum Gasteiger partial charge on any atom is -0.494 e. The van der Waals surface area contributed by atoms with Crippen molar-refractivity contribution in [3.63, 3.8) is 0 Å². The van der Waals surface area contributed by atoms with E-state index in [0.29, 0.717) is 22.0 Å². The summed E-state index contributed by atoms with van der Waals surface area (Å²) in [7, 11) is 3.40. The number of rotatable bonds is 3. The third-order valence-electron chi connectivity index (χ3n) is 3.91. The van der Waals surface area contributed by atoms with Crippen LogP contribution in [0, 0.1) is 6.92 Å². The van der Waals surface area contributed by atoms with Crippen LogP contribution in [-0.4, -0.2) is 23.0 Å². The molecular weight excluding hydrogens is 312 g/mol. The van der Waals surface area contributed by atoms with Crippen molar-refractivity contribution in [1.29, 1.82) is 0 Å². The first-order valence-electron chi connectivity index (χ1n) is 7.17. The Kier molecular flexibility index (Phi) is 4.01. The number of aliphatic imine (C=N–C) groups is 1. The number of nitrogens with zero attached hydrogens (tertiary/aromatic N) is 2. The molecule has 0 aliphatic rings. The number of para-hydroxylation sites is 1. The lowest BCUT2D eigenvalue weighted by molar-refractivity contribution is 0.416. The van der Waals surface area contributed by atoms with Crippen molar-refractivity contribution in [1.82, 2.24) is 4.57 Å². The number of aromatic nitrogens is 1. The van der Waals surface area contributed by atoms with E-state index >= 15 is 0 Å². The predicted molar refractivity (Wildman–Crippen MR) is 94.6 cm³/mol. The Morgan fingerprint density at radius 3 is 2.74 bits per heavy atom. The van der Waals surface area contributed by atoms with Gasteiger partial charge in [-0.3, -0.25) is 4.99 Å². The van der Waals surface area contributed by atoms with Gasteiger partial charge >= 0.3 is 0 Å². The number of ether oxygens (including phenoxy) is 1. The second-order valence-electron chi connectivity index (χ2n) is 5.34. The van der Waals surface area contributed by atoms with Crippen molar-refractivity contribution in [2.75, 3.05) is 7.11 Å². The molecule has 3 rings (SSSR count). The number of methoxy groups -OCH3 is 1. The third-order valence-corrected chi connectivity index (χ3v) is 4.31. The molecule has 4 nitrogen and oxygen atoms in total. The molecule has 0 saturated heterocycles. The summed E-state index contributed by atoms with van der Waals surface area (Å²) in [6.07, 6.45) is 1.66. The van der Waals surface area contributed by atoms with Gasteiger partial charge in [-0.05, 0) is 24.6 Å². The average molecular weight is 329 g/mol. The molecule has 2 aromatic carbocycles.